The highest BCUT2D eigenvalue weighted by molar-refractivity contribution is 5.75. The molecule has 0 saturated carbocycles. The first-order valence-electron chi connectivity index (χ1n) is 8.03. The topological polar surface area (TPSA) is 41.6 Å². The minimum Gasteiger partial charge on any atom is -0.435 e. The Bertz CT molecular complexity index is 488. The Hall–Kier alpha value is -1.69. The normalized spacial score (nSPS) is 15.7. The molecular weight excluding hydrogens is 302 g/mol. The Morgan fingerprint density at radius 1 is 1.30 bits per heavy atom. The van der Waals surface area contributed by atoms with Gasteiger partial charge < -0.3 is 15.0 Å². The second-order valence-electron chi connectivity index (χ2n) is 6.00. The van der Waals surface area contributed by atoms with Crippen LogP contribution in [0, 0.1) is 5.92 Å². The zero-order chi connectivity index (χ0) is 16.7. The molecule has 1 aromatic carbocycles. The van der Waals surface area contributed by atoms with E-state index in [9.17, 15) is 13.6 Å². The van der Waals surface area contributed by atoms with Gasteiger partial charge in [-0.15, -0.1) is 0 Å². The lowest BCUT2D eigenvalue weighted by Crippen LogP contribution is -2.30. The van der Waals surface area contributed by atoms with E-state index >= 15 is 0 Å². The van der Waals surface area contributed by atoms with Crippen LogP contribution >= 0.6 is 0 Å². The number of ether oxygens (including phenoxy) is 1. The van der Waals surface area contributed by atoms with Gasteiger partial charge in [0.1, 0.15) is 5.75 Å². The van der Waals surface area contributed by atoms with Crippen molar-refractivity contribution in [3.63, 3.8) is 0 Å². The molecule has 4 nitrogen and oxygen atoms in total. The maximum Gasteiger partial charge on any atom is 0.387 e. The first-order valence-corrected chi connectivity index (χ1v) is 8.03. The van der Waals surface area contributed by atoms with E-state index in [1.807, 2.05) is 0 Å². The third kappa shape index (κ3) is 6.14. The molecule has 1 N–H and O–H groups in total. The third-order valence-corrected chi connectivity index (χ3v) is 4.22. The van der Waals surface area contributed by atoms with Gasteiger partial charge in [-0.3, -0.25) is 4.79 Å². The predicted octanol–water partition coefficient (Wildman–Crippen LogP) is 3.03. The Kier molecular flexibility index (Phi) is 6.77. The fourth-order valence-electron chi connectivity index (χ4n) is 2.83. The maximum atomic E-state index is 12.2. The van der Waals surface area contributed by atoms with Gasteiger partial charge >= 0.3 is 6.61 Å². The lowest BCUT2D eigenvalue weighted by atomic mass is 9.93. The van der Waals surface area contributed by atoms with Crippen molar-refractivity contribution >= 4 is 5.91 Å². The summed E-state index contributed by atoms with van der Waals surface area (Å²) in [4.78, 5) is 13.9. The van der Waals surface area contributed by atoms with Gasteiger partial charge in [-0.1, -0.05) is 12.1 Å². The highest BCUT2D eigenvalue weighted by atomic mass is 19.3. The number of amides is 1. The molecule has 1 heterocycles. The Morgan fingerprint density at radius 2 is 1.96 bits per heavy atom. The molecule has 0 atom stereocenters. The first kappa shape index (κ1) is 17.7. The number of nitrogens with zero attached hydrogens (tertiary/aromatic N) is 1. The van der Waals surface area contributed by atoms with E-state index in [0.29, 0.717) is 18.9 Å². The summed E-state index contributed by atoms with van der Waals surface area (Å²) in [6, 6.07) is 6.40. The standard InChI is InChI=1S/C17H24F2N2O2/c1-21(16(22)7-4-13-8-10-20-11-9-13)12-14-2-5-15(6-3-14)23-17(18)19/h2-3,5-6,13,17,20H,4,7-12H2,1H3. The lowest BCUT2D eigenvalue weighted by Gasteiger charge is -2.23. The molecule has 1 aromatic rings. The number of carbonyl (C=O) groups excluding carboxylic acids is 1. The highest BCUT2D eigenvalue weighted by Crippen LogP contribution is 2.19. The molecule has 0 aromatic heterocycles. The van der Waals surface area contributed by atoms with E-state index in [-0.39, 0.29) is 11.7 Å². The minimum absolute atomic E-state index is 0.122. The third-order valence-electron chi connectivity index (χ3n) is 4.22. The van der Waals surface area contributed by atoms with Gasteiger partial charge in [0.2, 0.25) is 5.91 Å². The van der Waals surface area contributed by atoms with E-state index in [1.54, 1.807) is 24.1 Å². The molecule has 1 fully saturated rings. The van der Waals surface area contributed by atoms with Gasteiger partial charge in [0.25, 0.3) is 0 Å². The van der Waals surface area contributed by atoms with Gasteiger partial charge in [0.05, 0.1) is 0 Å². The Labute approximate surface area is 135 Å². The number of carbonyl (C=O) groups is 1. The van der Waals surface area contributed by atoms with Crippen LogP contribution in [0.4, 0.5) is 8.78 Å². The summed E-state index contributed by atoms with van der Waals surface area (Å²) < 4.78 is 28.5. The number of hydrogen-bond acceptors (Lipinski definition) is 3. The molecule has 1 aliphatic heterocycles. The second kappa shape index (κ2) is 8.82. The van der Waals surface area contributed by atoms with E-state index < -0.39 is 6.61 Å². The van der Waals surface area contributed by atoms with E-state index in [0.717, 1.165) is 37.9 Å². The maximum absolute atomic E-state index is 12.2. The summed E-state index contributed by atoms with van der Waals surface area (Å²) in [6.45, 7) is -0.260. The molecule has 0 bridgehead atoms. The second-order valence-corrected chi connectivity index (χ2v) is 6.00. The summed E-state index contributed by atoms with van der Waals surface area (Å²) in [6.07, 6.45) is 3.78. The van der Waals surface area contributed by atoms with Crippen LogP contribution in [0.25, 0.3) is 0 Å². The van der Waals surface area contributed by atoms with Crippen molar-refractivity contribution in [2.24, 2.45) is 5.92 Å². The van der Waals surface area contributed by atoms with Gasteiger partial charge in [-0.25, -0.2) is 0 Å². The van der Waals surface area contributed by atoms with E-state index in [4.69, 9.17) is 0 Å². The van der Waals surface area contributed by atoms with Crippen LogP contribution in [0.3, 0.4) is 0 Å². The van der Waals surface area contributed by atoms with Crippen molar-refractivity contribution in [1.82, 2.24) is 10.2 Å². The number of piperidine rings is 1. The fourth-order valence-corrected chi connectivity index (χ4v) is 2.83. The number of halogens is 2. The SMILES string of the molecule is CN(Cc1ccc(OC(F)F)cc1)C(=O)CCC1CCNCC1. The van der Waals surface area contributed by atoms with Crippen molar-refractivity contribution in [1.29, 1.82) is 0 Å². The van der Waals surface area contributed by atoms with Crippen LogP contribution in [-0.4, -0.2) is 37.6 Å². The Balaban J connectivity index is 1.76. The van der Waals surface area contributed by atoms with Crippen LogP contribution < -0.4 is 10.1 Å². The molecule has 0 unspecified atom stereocenters. The lowest BCUT2D eigenvalue weighted by molar-refractivity contribution is -0.130. The van der Waals surface area contributed by atoms with Crippen LogP contribution in [0.15, 0.2) is 24.3 Å². The molecule has 2 rings (SSSR count). The molecule has 23 heavy (non-hydrogen) atoms. The fraction of sp³-hybridized carbons (Fsp3) is 0.588. The number of nitrogens with one attached hydrogen (secondary N) is 1. The van der Waals surface area contributed by atoms with Gasteiger partial charge in [0.15, 0.2) is 0 Å². The monoisotopic (exact) mass is 326 g/mol. The van der Waals surface area contributed by atoms with Crippen molar-refractivity contribution < 1.29 is 18.3 Å². The van der Waals surface area contributed by atoms with Crippen molar-refractivity contribution in [3.8, 4) is 5.75 Å². The summed E-state index contributed by atoms with van der Waals surface area (Å²) in [5.74, 6) is 0.888. The van der Waals surface area contributed by atoms with Crippen molar-refractivity contribution in [3.05, 3.63) is 29.8 Å². The molecule has 6 heteroatoms. The van der Waals surface area contributed by atoms with Crippen molar-refractivity contribution in [2.75, 3.05) is 20.1 Å². The summed E-state index contributed by atoms with van der Waals surface area (Å²) >= 11 is 0. The average Bonchev–Trinajstić information content (AvgIpc) is 2.55. The van der Waals surface area contributed by atoms with Crippen LogP contribution in [0.5, 0.6) is 5.75 Å². The predicted molar refractivity (Wildman–Crippen MR) is 84.4 cm³/mol. The Morgan fingerprint density at radius 3 is 2.57 bits per heavy atom. The molecule has 1 amide bonds. The average molecular weight is 326 g/mol. The molecule has 0 spiro atoms. The zero-order valence-corrected chi connectivity index (χ0v) is 13.4. The van der Waals surface area contributed by atoms with E-state index in [1.165, 1.54) is 12.1 Å². The summed E-state index contributed by atoms with van der Waals surface area (Å²) in [5.41, 5.74) is 0.893. The minimum atomic E-state index is -2.82. The number of benzene rings is 1. The number of alkyl halides is 2. The summed E-state index contributed by atoms with van der Waals surface area (Å²) in [7, 11) is 1.77. The summed E-state index contributed by atoms with van der Waals surface area (Å²) in [5, 5.41) is 3.32. The number of hydrogen-bond donors (Lipinski definition) is 1. The molecular formula is C17H24F2N2O2. The molecule has 1 aliphatic rings. The quantitative estimate of drug-likeness (QED) is 0.837. The van der Waals surface area contributed by atoms with Crippen LogP contribution in [-0.2, 0) is 11.3 Å². The molecule has 1 saturated heterocycles. The molecule has 0 aliphatic carbocycles. The van der Waals surface area contributed by atoms with Gasteiger partial charge in [0, 0.05) is 20.0 Å². The highest BCUT2D eigenvalue weighted by Gasteiger charge is 2.16. The number of rotatable bonds is 7. The van der Waals surface area contributed by atoms with Crippen molar-refractivity contribution in [2.45, 2.75) is 38.8 Å². The largest absolute Gasteiger partial charge is 0.435 e. The zero-order valence-electron chi connectivity index (χ0n) is 13.4. The first-order chi connectivity index (χ1) is 11.0. The van der Waals surface area contributed by atoms with E-state index in [2.05, 4.69) is 10.1 Å². The van der Waals surface area contributed by atoms with Crippen LogP contribution in [0.1, 0.15) is 31.2 Å². The molecule has 128 valence electrons. The van der Waals surface area contributed by atoms with Gasteiger partial charge in [-0.2, -0.15) is 8.78 Å². The van der Waals surface area contributed by atoms with Crippen LogP contribution in [0.2, 0.25) is 0 Å². The van der Waals surface area contributed by atoms with Gasteiger partial charge in [-0.05, 0) is 56.0 Å². The molecule has 0 radical (unpaired) electrons. The smallest absolute Gasteiger partial charge is 0.387 e.